The van der Waals surface area contributed by atoms with E-state index in [2.05, 4.69) is 61.2 Å². The van der Waals surface area contributed by atoms with Gasteiger partial charge in [0, 0.05) is 12.1 Å². The van der Waals surface area contributed by atoms with Crippen LogP contribution in [0.1, 0.15) is 63.0 Å². The van der Waals surface area contributed by atoms with E-state index in [0.717, 1.165) is 6.04 Å². The molecule has 2 nitrogen and oxygen atoms in total. The van der Waals surface area contributed by atoms with E-state index in [1.807, 2.05) is 12.1 Å². The lowest BCUT2D eigenvalue weighted by Gasteiger charge is -2.39. The first-order valence-corrected chi connectivity index (χ1v) is 10.2. The van der Waals surface area contributed by atoms with Gasteiger partial charge >= 0.3 is 0 Å². The average molecular weight is 352 g/mol. The van der Waals surface area contributed by atoms with Crippen LogP contribution in [-0.4, -0.2) is 28.6 Å². The average Bonchev–Trinajstić information content (AvgIpc) is 2.67. The third kappa shape index (κ3) is 5.11. The lowest BCUT2D eigenvalue weighted by atomic mass is 9.81. The molecule has 3 rings (SSSR count). The predicted octanol–water partition coefficient (Wildman–Crippen LogP) is 5.76. The van der Waals surface area contributed by atoms with Gasteiger partial charge in [-0.25, -0.2) is 0 Å². The van der Waals surface area contributed by atoms with Crippen molar-refractivity contribution in [3.05, 3.63) is 65.7 Å². The molecule has 0 saturated heterocycles. The Kier molecular flexibility index (Phi) is 6.73. The Morgan fingerprint density at radius 3 is 2.19 bits per heavy atom. The molecular formula is C24H33NO. The summed E-state index contributed by atoms with van der Waals surface area (Å²) in [5, 5.41) is 9.49. The van der Waals surface area contributed by atoms with Gasteiger partial charge in [-0.1, -0.05) is 42.5 Å². The van der Waals surface area contributed by atoms with Crippen molar-refractivity contribution >= 4 is 0 Å². The summed E-state index contributed by atoms with van der Waals surface area (Å²) in [5.41, 5.74) is 2.84. The summed E-state index contributed by atoms with van der Waals surface area (Å²) in [6.07, 6.45) is 7.51. The molecule has 0 unspecified atom stereocenters. The fourth-order valence-corrected chi connectivity index (χ4v) is 4.46. The van der Waals surface area contributed by atoms with E-state index >= 15 is 0 Å². The minimum Gasteiger partial charge on any atom is -0.508 e. The summed E-state index contributed by atoms with van der Waals surface area (Å²) in [6.45, 7) is 5.88. The molecule has 1 saturated carbocycles. The van der Waals surface area contributed by atoms with Crippen LogP contribution in [0.5, 0.6) is 5.75 Å². The molecule has 2 aromatic carbocycles. The number of benzene rings is 2. The topological polar surface area (TPSA) is 23.5 Å². The van der Waals surface area contributed by atoms with E-state index in [4.69, 9.17) is 0 Å². The largest absolute Gasteiger partial charge is 0.508 e. The number of aromatic hydroxyl groups is 1. The minimum atomic E-state index is 0.367. The summed E-state index contributed by atoms with van der Waals surface area (Å²) >= 11 is 0. The van der Waals surface area contributed by atoms with Gasteiger partial charge in [0.25, 0.3) is 0 Å². The van der Waals surface area contributed by atoms with Crippen molar-refractivity contribution in [1.82, 2.24) is 4.90 Å². The van der Waals surface area contributed by atoms with Crippen LogP contribution in [0.15, 0.2) is 54.6 Å². The fourth-order valence-electron chi connectivity index (χ4n) is 4.46. The maximum Gasteiger partial charge on any atom is 0.115 e. The Balaban J connectivity index is 1.50. The van der Waals surface area contributed by atoms with Crippen molar-refractivity contribution in [2.24, 2.45) is 0 Å². The molecule has 140 valence electrons. The number of rotatable bonds is 7. The zero-order chi connectivity index (χ0) is 18.4. The molecule has 1 fully saturated rings. The third-order valence-electron chi connectivity index (χ3n) is 5.92. The smallest absolute Gasteiger partial charge is 0.115 e. The number of nitrogens with zero attached hydrogens (tertiary/aromatic N) is 1. The van der Waals surface area contributed by atoms with Crippen molar-refractivity contribution in [2.45, 2.75) is 70.4 Å². The van der Waals surface area contributed by atoms with Gasteiger partial charge < -0.3 is 5.11 Å². The van der Waals surface area contributed by atoms with Gasteiger partial charge in [-0.3, -0.25) is 4.90 Å². The minimum absolute atomic E-state index is 0.367. The fraction of sp³-hybridized carbons (Fsp3) is 0.500. The molecule has 0 atom stereocenters. The molecule has 0 aliphatic heterocycles. The summed E-state index contributed by atoms with van der Waals surface area (Å²) in [6, 6.07) is 20.0. The molecule has 0 bridgehead atoms. The van der Waals surface area contributed by atoms with E-state index in [-0.39, 0.29) is 0 Å². The van der Waals surface area contributed by atoms with Gasteiger partial charge in [0.05, 0.1) is 0 Å². The monoisotopic (exact) mass is 351 g/mol. The van der Waals surface area contributed by atoms with Crippen LogP contribution >= 0.6 is 0 Å². The predicted molar refractivity (Wildman–Crippen MR) is 110 cm³/mol. The second kappa shape index (κ2) is 9.23. The SMILES string of the molecule is CC(C)N(CCCc1ccccc1)[C@H]1CC[C@H](c2ccc(O)cc2)CC1. The Hall–Kier alpha value is -1.80. The molecular weight excluding hydrogens is 318 g/mol. The van der Waals surface area contributed by atoms with Crippen molar-refractivity contribution in [3.8, 4) is 5.75 Å². The highest BCUT2D eigenvalue weighted by molar-refractivity contribution is 5.28. The van der Waals surface area contributed by atoms with Crippen LogP contribution in [0.3, 0.4) is 0 Å². The van der Waals surface area contributed by atoms with Crippen LogP contribution in [0.2, 0.25) is 0 Å². The molecule has 2 heteroatoms. The number of aryl methyl sites for hydroxylation is 1. The first-order chi connectivity index (χ1) is 12.6. The molecule has 0 heterocycles. The van der Waals surface area contributed by atoms with Crippen molar-refractivity contribution in [3.63, 3.8) is 0 Å². The van der Waals surface area contributed by atoms with Gasteiger partial charge in [0.1, 0.15) is 5.75 Å². The summed E-state index contributed by atoms with van der Waals surface area (Å²) in [7, 11) is 0. The Morgan fingerprint density at radius 2 is 1.58 bits per heavy atom. The molecule has 0 radical (unpaired) electrons. The van der Waals surface area contributed by atoms with Crippen molar-refractivity contribution in [2.75, 3.05) is 6.54 Å². The van der Waals surface area contributed by atoms with E-state index in [0.29, 0.717) is 17.7 Å². The number of hydrogen-bond donors (Lipinski definition) is 1. The molecule has 1 aliphatic rings. The standard InChI is InChI=1S/C24H33NO/c1-19(2)25(18-6-9-20-7-4-3-5-8-20)23-14-10-21(11-15-23)22-12-16-24(26)17-13-22/h3-5,7-8,12-13,16-17,19,21,23,26H,6,9-11,14-15,18H2,1-2H3/t21-,23-. The summed E-state index contributed by atoms with van der Waals surface area (Å²) in [5.74, 6) is 1.03. The third-order valence-corrected chi connectivity index (χ3v) is 5.92. The molecule has 0 aromatic heterocycles. The van der Waals surface area contributed by atoms with Crippen molar-refractivity contribution in [1.29, 1.82) is 0 Å². The van der Waals surface area contributed by atoms with Crippen LogP contribution in [0.4, 0.5) is 0 Å². The highest BCUT2D eigenvalue weighted by Gasteiger charge is 2.27. The number of hydrogen-bond acceptors (Lipinski definition) is 2. The quantitative estimate of drug-likeness (QED) is 0.685. The number of phenols is 1. The molecule has 1 N–H and O–H groups in total. The highest BCUT2D eigenvalue weighted by Crippen LogP contribution is 2.35. The molecule has 2 aromatic rings. The van der Waals surface area contributed by atoms with Gasteiger partial charge in [0.15, 0.2) is 0 Å². The molecule has 1 aliphatic carbocycles. The van der Waals surface area contributed by atoms with Crippen LogP contribution in [-0.2, 0) is 6.42 Å². The van der Waals surface area contributed by atoms with Gasteiger partial charge in [-0.15, -0.1) is 0 Å². The van der Waals surface area contributed by atoms with Gasteiger partial charge in [-0.2, -0.15) is 0 Å². The molecule has 0 spiro atoms. The van der Waals surface area contributed by atoms with Crippen LogP contribution < -0.4 is 0 Å². The van der Waals surface area contributed by atoms with E-state index in [1.165, 1.54) is 56.2 Å². The first-order valence-electron chi connectivity index (χ1n) is 10.2. The summed E-state index contributed by atoms with van der Waals surface area (Å²) in [4.78, 5) is 2.73. The Bertz CT molecular complexity index is 642. The lowest BCUT2D eigenvalue weighted by molar-refractivity contribution is 0.114. The second-order valence-corrected chi connectivity index (χ2v) is 8.02. The lowest BCUT2D eigenvalue weighted by Crippen LogP contribution is -2.43. The first kappa shape index (κ1) is 19.0. The van der Waals surface area contributed by atoms with Gasteiger partial charge in [-0.05, 0) is 88.1 Å². The molecule has 0 amide bonds. The number of phenolic OH excluding ortho intramolecular Hbond substituents is 1. The second-order valence-electron chi connectivity index (χ2n) is 8.02. The zero-order valence-electron chi connectivity index (χ0n) is 16.3. The Labute approximate surface area is 158 Å². The van der Waals surface area contributed by atoms with Crippen molar-refractivity contribution < 1.29 is 5.11 Å². The maximum atomic E-state index is 9.49. The maximum absolute atomic E-state index is 9.49. The van der Waals surface area contributed by atoms with E-state index < -0.39 is 0 Å². The zero-order valence-corrected chi connectivity index (χ0v) is 16.3. The van der Waals surface area contributed by atoms with Crippen LogP contribution in [0.25, 0.3) is 0 Å². The highest BCUT2D eigenvalue weighted by atomic mass is 16.3. The molecule has 26 heavy (non-hydrogen) atoms. The van der Waals surface area contributed by atoms with Crippen LogP contribution in [0, 0.1) is 0 Å². The van der Waals surface area contributed by atoms with Gasteiger partial charge in [0.2, 0.25) is 0 Å². The van der Waals surface area contributed by atoms with E-state index in [1.54, 1.807) is 0 Å². The normalized spacial score (nSPS) is 20.6. The summed E-state index contributed by atoms with van der Waals surface area (Å²) < 4.78 is 0. The van der Waals surface area contributed by atoms with E-state index in [9.17, 15) is 5.11 Å². The Morgan fingerprint density at radius 1 is 0.923 bits per heavy atom.